The van der Waals surface area contributed by atoms with Crippen molar-refractivity contribution in [3.8, 4) is 5.69 Å². The molecule has 25 heavy (non-hydrogen) atoms. The van der Waals surface area contributed by atoms with Gasteiger partial charge in [-0.2, -0.15) is 10.2 Å². The summed E-state index contributed by atoms with van der Waals surface area (Å²) < 4.78 is 3.66. The second kappa shape index (κ2) is 6.51. The fraction of sp³-hybridized carbons (Fsp3) is 0.333. The van der Waals surface area contributed by atoms with Gasteiger partial charge in [0, 0.05) is 35.5 Å². The average Bonchev–Trinajstić information content (AvgIpc) is 3.23. The van der Waals surface area contributed by atoms with E-state index in [4.69, 9.17) is 0 Å². The highest BCUT2D eigenvalue weighted by molar-refractivity contribution is 5.76. The molecule has 7 nitrogen and oxygen atoms in total. The van der Waals surface area contributed by atoms with Crippen molar-refractivity contribution in [2.45, 2.75) is 38.8 Å². The summed E-state index contributed by atoms with van der Waals surface area (Å²) >= 11 is 0. The van der Waals surface area contributed by atoms with Crippen LogP contribution in [0.3, 0.4) is 0 Å². The second-order valence-corrected chi connectivity index (χ2v) is 6.31. The second-order valence-electron chi connectivity index (χ2n) is 6.31. The maximum Gasteiger partial charge on any atom is 0.242 e. The third-order valence-electron chi connectivity index (χ3n) is 4.65. The largest absolute Gasteiger partial charge is 0.348 e. The Hall–Kier alpha value is -2.96. The van der Waals surface area contributed by atoms with Crippen LogP contribution in [-0.2, 0) is 17.8 Å². The van der Waals surface area contributed by atoms with Gasteiger partial charge in [0.25, 0.3) is 0 Å². The van der Waals surface area contributed by atoms with E-state index in [1.165, 1.54) is 0 Å². The van der Waals surface area contributed by atoms with E-state index in [9.17, 15) is 4.79 Å². The molecular formula is C18H20N6O. The summed E-state index contributed by atoms with van der Waals surface area (Å²) in [6.07, 6.45) is 10.0. The number of carbonyl (C=O) groups excluding carboxylic acids is 1. The highest BCUT2D eigenvalue weighted by Gasteiger charge is 2.26. The van der Waals surface area contributed by atoms with Crippen LogP contribution in [0.1, 0.15) is 35.8 Å². The molecule has 3 heterocycles. The Morgan fingerprint density at radius 1 is 1.24 bits per heavy atom. The van der Waals surface area contributed by atoms with Gasteiger partial charge in [0.2, 0.25) is 5.91 Å². The van der Waals surface area contributed by atoms with Crippen molar-refractivity contribution in [1.82, 2.24) is 29.9 Å². The molecule has 0 fully saturated rings. The molecule has 3 aromatic rings. The molecule has 1 amide bonds. The smallest absolute Gasteiger partial charge is 0.242 e. The van der Waals surface area contributed by atoms with Crippen LogP contribution in [0, 0.1) is 6.92 Å². The topological polar surface area (TPSA) is 77.6 Å². The molecule has 0 radical (unpaired) electrons. The fourth-order valence-electron chi connectivity index (χ4n) is 3.35. The molecule has 3 aromatic heterocycles. The van der Waals surface area contributed by atoms with Gasteiger partial charge >= 0.3 is 0 Å². The molecule has 1 unspecified atom stereocenters. The van der Waals surface area contributed by atoms with Gasteiger partial charge in [0.15, 0.2) is 0 Å². The van der Waals surface area contributed by atoms with E-state index in [-0.39, 0.29) is 18.5 Å². The first-order valence-corrected chi connectivity index (χ1v) is 8.47. The summed E-state index contributed by atoms with van der Waals surface area (Å²) in [4.78, 5) is 16.5. The van der Waals surface area contributed by atoms with Crippen molar-refractivity contribution in [3.63, 3.8) is 0 Å². The maximum atomic E-state index is 12.4. The summed E-state index contributed by atoms with van der Waals surface area (Å²) in [5.74, 6) is -0.0266. The van der Waals surface area contributed by atoms with Crippen LogP contribution in [0.25, 0.3) is 5.69 Å². The number of carbonyl (C=O) groups is 1. The molecule has 0 aromatic carbocycles. The van der Waals surface area contributed by atoms with Crippen LogP contribution >= 0.6 is 0 Å². The van der Waals surface area contributed by atoms with Gasteiger partial charge in [-0.05, 0) is 44.4 Å². The Balaban J connectivity index is 1.53. The number of aryl methyl sites for hydroxylation is 1. The number of aromatic nitrogens is 5. The molecule has 7 heteroatoms. The molecule has 0 bridgehead atoms. The Morgan fingerprint density at radius 2 is 2.08 bits per heavy atom. The number of pyridine rings is 1. The molecule has 0 saturated heterocycles. The van der Waals surface area contributed by atoms with Gasteiger partial charge in [-0.25, -0.2) is 4.68 Å². The Kier molecular flexibility index (Phi) is 4.05. The number of nitrogens with zero attached hydrogens (tertiary/aromatic N) is 5. The van der Waals surface area contributed by atoms with Crippen LogP contribution < -0.4 is 5.32 Å². The van der Waals surface area contributed by atoms with Crippen molar-refractivity contribution >= 4 is 5.91 Å². The van der Waals surface area contributed by atoms with E-state index in [1.54, 1.807) is 23.3 Å². The molecule has 1 N–H and O–H groups in total. The van der Waals surface area contributed by atoms with Crippen LogP contribution in [0.4, 0.5) is 0 Å². The van der Waals surface area contributed by atoms with E-state index < -0.39 is 0 Å². The van der Waals surface area contributed by atoms with E-state index >= 15 is 0 Å². The lowest BCUT2D eigenvalue weighted by atomic mass is 9.93. The van der Waals surface area contributed by atoms with E-state index in [0.29, 0.717) is 0 Å². The van der Waals surface area contributed by atoms with Crippen LogP contribution in [0.5, 0.6) is 0 Å². The van der Waals surface area contributed by atoms with Crippen molar-refractivity contribution in [1.29, 1.82) is 0 Å². The molecule has 4 rings (SSSR count). The molecular weight excluding hydrogens is 316 g/mol. The van der Waals surface area contributed by atoms with Crippen molar-refractivity contribution < 1.29 is 4.79 Å². The number of amides is 1. The summed E-state index contributed by atoms with van der Waals surface area (Å²) in [6, 6.07) is 5.78. The van der Waals surface area contributed by atoms with Gasteiger partial charge in [0.05, 0.1) is 17.9 Å². The van der Waals surface area contributed by atoms with Gasteiger partial charge in [-0.15, -0.1) is 0 Å². The lowest BCUT2D eigenvalue weighted by Gasteiger charge is -2.24. The molecule has 128 valence electrons. The molecule has 1 atom stereocenters. The van der Waals surface area contributed by atoms with E-state index in [1.807, 2.05) is 36.0 Å². The average molecular weight is 336 g/mol. The number of rotatable bonds is 4. The molecule has 0 spiro atoms. The lowest BCUT2D eigenvalue weighted by Crippen LogP contribution is -2.33. The molecule has 0 saturated carbocycles. The monoisotopic (exact) mass is 336 g/mol. The summed E-state index contributed by atoms with van der Waals surface area (Å²) in [6.45, 7) is 2.18. The predicted octanol–water partition coefficient (Wildman–Crippen LogP) is 1.97. The zero-order valence-electron chi connectivity index (χ0n) is 14.1. The molecule has 0 aliphatic heterocycles. The zero-order chi connectivity index (χ0) is 17.2. The van der Waals surface area contributed by atoms with E-state index in [0.717, 1.165) is 41.9 Å². The Labute approximate surface area is 145 Å². The van der Waals surface area contributed by atoms with Gasteiger partial charge in [-0.3, -0.25) is 14.5 Å². The zero-order valence-corrected chi connectivity index (χ0v) is 14.1. The van der Waals surface area contributed by atoms with Crippen molar-refractivity contribution in [2.24, 2.45) is 0 Å². The first-order chi connectivity index (χ1) is 12.2. The third kappa shape index (κ3) is 3.05. The predicted molar refractivity (Wildman–Crippen MR) is 92.1 cm³/mol. The summed E-state index contributed by atoms with van der Waals surface area (Å²) in [7, 11) is 0. The standard InChI is InChI=1S/C18H20N6O/c1-13-5-10-20-23(13)12-18(25)22-16-3-2-4-17-15(16)11-21-24(17)14-6-8-19-9-7-14/h5-11,16H,2-4,12H2,1H3,(H,22,25). The molecule has 1 aliphatic carbocycles. The number of nitrogens with one attached hydrogen (secondary N) is 1. The van der Waals surface area contributed by atoms with Crippen molar-refractivity contribution in [2.75, 3.05) is 0 Å². The lowest BCUT2D eigenvalue weighted by molar-refractivity contribution is -0.122. The van der Waals surface area contributed by atoms with Crippen LogP contribution in [-0.4, -0.2) is 30.5 Å². The maximum absolute atomic E-state index is 12.4. The minimum atomic E-state index is -0.0266. The van der Waals surface area contributed by atoms with Gasteiger partial charge in [0.1, 0.15) is 6.54 Å². The normalized spacial score (nSPS) is 16.4. The number of hydrogen-bond acceptors (Lipinski definition) is 4. The molecule has 1 aliphatic rings. The highest BCUT2D eigenvalue weighted by atomic mass is 16.2. The third-order valence-corrected chi connectivity index (χ3v) is 4.65. The van der Waals surface area contributed by atoms with Crippen LogP contribution in [0.2, 0.25) is 0 Å². The first-order valence-electron chi connectivity index (χ1n) is 8.47. The summed E-state index contributed by atoms with van der Waals surface area (Å²) in [5.41, 5.74) is 4.24. The SMILES string of the molecule is Cc1ccnn1CC(=O)NC1CCCc2c1cnn2-c1ccncc1. The van der Waals surface area contributed by atoms with E-state index in [2.05, 4.69) is 20.5 Å². The Morgan fingerprint density at radius 3 is 2.84 bits per heavy atom. The minimum Gasteiger partial charge on any atom is -0.348 e. The first kappa shape index (κ1) is 15.6. The van der Waals surface area contributed by atoms with Crippen molar-refractivity contribution in [3.05, 3.63) is 59.9 Å². The highest BCUT2D eigenvalue weighted by Crippen LogP contribution is 2.30. The number of hydrogen-bond donors (Lipinski definition) is 1. The van der Waals surface area contributed by atoms with Gasteiger partial charge < -0.3 is 5.32 Å². The minimum absolute atomic E-state index is 0.00251. The fourth-order valence-corrected chi connectivity index (χ4v) is 3.35. The van der Waals surface area contributed by atoms with Gasteiger partial charge in [-0.1, -0.05) is 0 Å². The van der Waals surface area contributed by atoms with Crippen LogP contribution in [0.15, 0.2) is 43.0 Å². The number of fused-ring (bicyclic) bond motifs is 1. The summed E-state index contributed by atoms with van der Waals surface area (Å²) in [5, 5.41) is 11.8. The quantitative estimate of drug-likeness (QED) is 0.790. The Bertz CT molecular complexity index is 882.